The molecule has 0 fully saturated rings. The van der Waals surface area contributed by atoms with Gasteiger partial charge in [0.1, 0.15) is 5.82 Å². The molecule has 0 aliphatic carbocycles. The molecule has 0 aliphatic heterocycles. The van der Waals surface area contributed by atoms with Crippen molar-refractivity contribution in [3.63, 3.8) is 0 Å². The van der Waals surface area contributed by atoms with Crippen molar-refractivity contribution in [2.24, 2.45) is 7.05 Å². The van der Waals surface area contributed by atoms with E-state index in [2.05, 4.69) is 19.9 Å². The van der Waals surface area contributed by atoms with Gasteiger partial charge in [-0.2, -0.15) is 15.0 Å². The van der Waals surface area contributed by atoms with Crippen molar-refractivity contribution in [2.75, 3.05) is 24.8 Å². The summed E-state index contributed by atoms with van der Waals surface area (Å²) in [4.78, 5) is 18.1. The molecule has 8 nitrogen and oxygen atoms in total. The third-order valence-corrected chi connectivity index (χ3v) is 2.44. The highest BCUT2D eigenvalue weighted by Crippen LogP contribution is 2.13. The maximum absolute atomic E-state index is 5.59. The Labute approximate surface area is 104 Å². The first-order valence-electron chi connectivity index (χ1n) is 5.33. The lowest BCUT2D eigenvalue weighted by atomic mass is 10.5. The molecule has 8 heteroatoms. The molecule has 0 saturated heterocycles. The van der Waals surface area contributed by atoms with E-state index >= 15 is 0 Å². The fraction of sp³-hybridized carbons (Fsp3) is 0.400. The zero-order chi connectivity index (χ0) is 13.1. The molecule has 0 aromatic carbocycles. The van der Waals surface area contributed by atoms with E-state index in [9.17, 15) is 0 Å². The number of nitrogens with zero attached hydrogens (tertiary/aromatic N) is 6. The predicted molar refractivity (Wildman–Crippen MR) is 66.1 cm³/mol. The molecule has 2 rings (SSSR count). The number of nitrogen functional groups attached to an aromatic ring is 1. The maximum atomic E-state index is 5.59. The van der Waals surface area contributed by atoms with E-state index in [0.29, 0.717) is 12.5 Å². The third kappa shape index (κ3) is 2.47. The van der Waals surface area contributed by atoms with Gasteiger partial charge in [-0.15, -0.1) is 0 Å². The minimum atomic E-state index is 0.128. The molecule has 2 aromatic rings. The van der Waals surface area contributed by atoms with Crippen molar-refractivity contribution < 1.29 is 4.74 Å². The molecule has 96 valence electrons. The number of hydrogen-bond donors (Lipinski definition) is 1. The van der Waals surface area contributed by atoms with Crippen LogP contribution >= 0.6 is 0 Å². The Morgan fingerprint density at radius 1 is 1.39 bits per heavy atom. The average Bonchev–Trinajstić information content (AvgIpc) is 2.74. The van der Waals surface area contributed by atoms with Gasteiger partial charge in [0, 0.05) is 26.5 Å². The Morgan fingerprint density at radius 3 is 2.78 bits per heavy atom. The van der Waals surface area contributed by atoms with Gasteiger partial charge in [0.25, 0.3) is 0 Å². The number of ether oxygens (including phenoxy) is 1. The lowest BCUT2D eigenvalue weighted by molar-refractivity contribution is 0.379. The van der Waals surface area contributed by atoms with E-state index < -0.39 is 0 Å². The number of anilines is 2. The van der Waals surface area contributed by atoms with E-state index in [1.807, 2.05) is 29.8 Å². The van der Waals surface area contributed by atoms with Crippen molar-refractivity contribution in [2.45, 2.75) is 6.54 Å². The van der Waals surface area contributed by atoms with Gasteiger partial charge >= 0.3 is 6.01 Å². The Hall–Kier alpha value is -2.38. The van der Waals surface area contributed by atoms with Crippen LogP contribution in [0.4, 0.5) is 11.9 Å². The molecule has 0 saturated carbocycles. The molecule has 2 heterocycles. The molecule has 0 spiro atoms. The van der Waals surface area contributed by atoms with Crippen LogP contribution in [0.3, 0.4) is 0 Å². The molecule has 2 aromatic heterocycles. The minimum Gasteiger partial charge on any atom is -0.467 e. The van der Waals surface area contributed by atoms with Crippen LogP contribution in [-0.2, 0) is 13.6 Å². The first kappa shape index (κ1) is 12.1. The molecule has 0 atom stereocenters. The molecule has 0 amide bonds. The van der Waals surface area contributed by atoms with E-state index in [4.69, 9.17) is 10.5 Å². The Morgan fingerprint density at radius 2 is 2.17 bits per heavy atom. The summed E-state index contributed by atoms with van der Waals surface area (Å²) in [6.45, 7) is 0.566. The first-order valence-corrected chi connectivity index (χ1v) is 5.33. The fourth-order valence-corrected chi connectivity index (χ4v) is 1.45. The van der Waals surface area contributed by atoms with Crippen molar-refractivity contribution in [3.05, 3.63) is 18.2 Å². The maximum Gasteiger partial charge on any atom is 0.322 e. The number of methoxy groups -OCH3 is 1. The highest BCUT2D eigenvalue weighted by molar-refractivity contribution is 5.35. The Bertz CT molecular complexity index is 539. The number of aromatic nitrogens is 5. The van der Waals surface area contributed by atoms with Crippen LogP contribution in [0.5, 0.6) is 6.01 Å². The molecule has 0 unspecified atom stereocenters. The topological polar surface area (TPSA) is 95.0 Å². The van der Waals surface area contributed by atoms with Crippen LogP contribution in [0, 0.1) is 0 Å². The fourth-order valence-electron chi connectivity index (χ4n) is 1.45. The summed E-state index contributed by atoms with van der Waals surface area (Å²) in [5, 5.41) is 0. The SMILES string of the molecule is COc1nc(N)nc(N(C)Cc2nccn2C)n1. The Balaban J connectivity index is 2.20. The van der Waals surface area contributed by atoms with Crippen LogP contribution in [-0.4, -0.2) is 38.7 Å². The van der Waals surface area contributed by atoms with Gasteiger partial charge < -0.3 is 19.9 Å². The monoisotopic (exact) mass is 249 g/mol. The minimum absolute atomic E-state index is 0.128. The number of nitrogens with two attached hydrogens (primary N) is 1. The molecular formula is C10H15N7O. The zero-order valence-electron chi connectivity index (χ0n) is 10.5. The highest BCUT2D eigenvalue weighted by Gasteiger charge is 2.11. The summed E-state index contributed by atoms with van der Waals surface area (Å²) in [5.74, 6) is 1.47. The Kier molecular flexibility index (Phi) is 3.26. The molecule has 2 N–H and O–H groups in total. The highest BCUT2D eigenvalue weighted by atomic mass is 16.5. The van der Waals surface area contributed by atoms with Gasteiger partial charge in [-0.25, -0.2) is 4.98 Å². The zero-order valence-corrected chi connectivity index (χ0v) is 10.5. The van der Waals surface area contributed by atoms with Gasteiger partial charge in [-0.05, 0) is 0 Å². The van der Waals surface area contributed by atoms with Gasteiger partial charge in [0.2, 0.25) is 11.9 Å². The van der Waals surface area contributed by atoms with Crippen LogP contribution in [0.2, 0.25) is 0 Å². The average molecular weight is 249 g/mol. The van der Waals surface area contributed by atoms with Gasteiger partial charge in [-0.3, -0.25) is 0 Å². The van der Waals surface area contributed by atoms with Gasteiger partial charge in [0.05, 0.1) is 13.7 Å². The van der Waals surface area contributed by atoms with Crippen LogP contribution in [0.15, 0.2) is 12.4 Å². The van der Waals surface area contributed by atoms with Crippen molar-refractivity contribution in [1.29, 1.82) is 0 Å². The number of imidazole rings is 1. The van der Waals surface area contributed by atoms with Crippen LogP contribution in [0.1, 0.15) is 5.82 Å². The van der Waals surface area contributed by atoms with Crippen LogP contribution in [0.25, 0.3) is 0 Å². The summed E-state index contributed by atoms with van der Waals surface area (Å²) in [7, 11) is 5.26. The number of aryl methyl sites for hydroxylation is 1. The summed E-state index contributed by atoms with van der Waals surface area (Å²) in [5.41, 5.74) is 5.59. The second-order valence-corrected chi connectivity index (χ2v) is 3.79. The van der Waals surface area contributed by atoms with E-state index in [1.54, 1.807) is 6.20 Å². The largest absolute Gasteiger partial charge is 0.467 e. The molecule has 0 radical (unpaired) electrons. The normalized spacial score (nSPS) is 10.4. The second kappa shape index (κ2) is 4.86. The summed E-state index contributed by atoms with van der Waals surface area (Å²) in [6.07, 6.45) is 3.62. The molecule has 18 heavy (non-hydrogen) atoms. The lowest BCUT2D eigenvalue weighted by Gasteiger charge is -2.16. The van der Waals surface area contributed by atoms with Crippen molar-refractivity contribution >= 4 is 11.9 Å². The van der Waals surface area contributed by atoms with Gasteiger partial charge in [-0.1, -0.05) is 0 Å². The second-order valence-electron chi connectivity index (χ2n) is 3.79. The standard InChI is InChI=1S/C10H15N7O/c1-16-5-4-12-7(16)6-17(2)9-13-8(11)14-10(15-9)18-3/h4-5H,6H2,1-3H3,(H2,11,13,14,15). The van der Waals surface area contributed by atoms with Gasteiger partial charge in [0.15, 0.2) is 0 Å². The molecule has 0 aliphatic rings. The van der Waals surface area contributed by atoms with Crippen molar-refractivity contribution in [3.8, 4) is 6.01 Å². The lowest BCUT2D eigenvalue weighted by Crippen LogP contribution is -2.22. The van der Waals surface area contributed by atoms with Crippen molar-refractivity contribution in [1.82, 2.24) is 24.5 Å². The van der Waals surface area contributed by atoms with E-state index in [0.717, 1.165) is 5.82 Å². The summed E-state index contributed by atoms with van der Waals surface area (Å²) < 4.78 is 6.88. The molecular weight excluding hydrogens is 234 g/mol. The first-order chi connectivity index (χ1) is 8.60. The smallest absolute Gasteiger partial charge is 0.322 e. The quantitative estimate of drug-likeness (QED) is 0.803. The summed E-state index contributed by atoms with van der Waals surface area (Å²) >= 11 is 0. The van der Waals surface area contributed by atoms with E-state index in [-0.39, 0.29) is 12.0 Å². The number of hydrogen-bond acceptors (Lipinski definition) is 7. The predicted octanol–water partition coefficient (Wildman–Crippen LogP) is -0.168. The molecule has 0 bridgehead atoms. The van der Waals surface area contributed by atoms with E-state index in [1.165, 1.54) is 7.11 Å². The number of rotatable bonds is 4. The third-order valence-electron chi connectivity index (χ3n) is 2.44. The summed E-state index contributed by atoms with van der Waals surface area (Å²) in [6, 6.07) is 0.198. The van der Waals surface area contributed by atoms with Crippen LogP contribution < -0.4 is 15.4 Å².